The fraction of sp³-hybridized carbons (Fsp3) is 0.750. The highest BCUT2D eigenvalue weighted by molar-refractivity contribution is 7.25. The molecule has 3 nitrogen and oxygen atoms in total. The molecule has 0 unspecified atom stereocenters. The lowest BCUT2D eigenvalue weighted by molar-refractivity contribution is 0.512. The zero-order valence-corrected chi connectivity index (χ0v) is 7.97. The van der Waals surface area contributed by atoms with Gasteiger partial charge in [-0.05, 0) is 19.8 Å². The summed E-state index contributed by atoms with van der Waals surface area (Å²) in [6, 6.07) is 4.02. The largest absolute Gasteiger partial charge is 0.274 e. The standard InChI is InChI=1S/C8H11N2OP/c1-8(12-11,4-2-6-9)5-3-7-10/h2-5H2,1H3. The normalized spacial score (nSPS) is 10.6. The van der Waals surface area contributed by atoms with Gasteiger partial charge in [0.2, 0.25) is 0 Å². The van der Waals surface area contributed by atoms with Crippen molar-refractivity contribution in [2.75, 3.05) is 0 Å². The number of nitrogens with zero attached hydrogens (tertiary/aromatic N) is 2. The van der Waals surface area contributed by atoms with Gasteiger partial charge in [-0.25, -0.2) is 0 Å². The van der Waals surface area contributed by atoms with Crippen LogP contribution < -0.4 is 0 Å². The summed E-state index contributed by atoms with van der Waals surface area (Å²) in [6.45, 7) is 1.83. The first-order valence-electron chi connectivity index (χ1n) is 3.77. The van der Waals surface area contributed by atoms with Crippen LogP contribution in [0.1, 0.15) is 32.6 Å². The lowest BCUT2D eigenvalue weighted by atomic mass is 9.99. The molecule has 0 N–H and O–H groups in total. The van der Waals surface area contributed by atoms with Crippen molar-refractivity contribution in [3.8, 4) is 12.1 Å². The molecule has 0 aliphatic heterocycles. The van der Waals surface area contributed by atoms with Gasteiger partial charge in [-0.2, -0.15) is 10.5 Å². The highest BCUT2D eigenvalue weighted by Gasteiger charge is 2.23. The van der Waals surface area contributed by atoms with E-state index >= 15 is 0 Å². The molecule has 4 heteroatoms. The molecule has 12 heavy (non-hydrogen) atoms. The smallest absolute Gasteiger partial charge is 0.161 e. The third-order valence-electron chi connectivity index (χ3n) is 1.77. The van der Waals surface area contributed by atoms with Gasteiger partial charge in [0.05, 0.1) is 17.3 Å². The molecule has 0 rings (SSSR count). The van der Waals surface area contributed by atoms with E-state index in [1.165, 1.54) is 0 Å². The van der Waals surface area contributed by atoms with Gasteiger partial charge in [0.25, 0.3) is 0 Å². The van der Waals surface area contributed by atoms with Crippen molar-refractivity contribution in [1.82, 2.24) is 0 Å². The van der Waals surface area contributed by atoms with Gasteiger partial charge in [0.1, 0.15) is 0 Å². The van der Waals surface area contributed by atoms with Crippen molar-refractivity contribution >= 4 is 8.46 Å². The van der Waals surface area contributed by atoms with Crippen molar-refractivity contribution in [3.63, 3.8) is 0 Å². The second kappa shape index (κ2) is 5.70. The zero-order valence-electron chi connectivity index (χ0n) is 7.08. The molecule has 0 spiro atoms. The average Bonchev–Trinajstić information content (AvgIpc) is 2.11. The lowest BCUT2D eigenvalue weighted by Crippen LogP contribution is -2.15. The maximum atomic E-state index is 10.7. The monoisotopic (exact) mass is 182 g/mol. The molecule has 0 fully saturated rings. The molecule has 0 aromatic heterocycles. The van der Waals surface area contributed by atoms with Crippen molar-refractivity contribution in [2.24, 2.45) is 0 Å². The number of rotatable bonds is 5. The van der Waals surface area contributed by atoms with Gasteiger partial charge in [-0.15, -0.1) is 0 Å². The first-order chi connectivity index (χ1) is 5.68. The highest BCUT2D eigenvalue weighted by Crippen LogP contribution is 2.32. The van der Waals surface area contributed by atoms with E-state index in [-0.39, 0.29) is 13.6 Å². The summed E-state index contributed by atoms with van der Waals surface area (Å²) < 4.78 is 10.7. The molecule has 0 radical (unpaired) electrons. The van der Waals surface area contributed by atoms with Gasteiger partial charge in [-0.3, -0.25) is 4.57 Å². The highest BCUT2D eigenvalue weighted by atomic mass is 31.1. The van der Waals surface area contributed by atoms with Crippen LogP contribution in [0.4, 0.5) is 0 Å². The summed E-state index contributed by atoms with van der Waals surface area (Å²) in [6.07, 6.45) is 1.99. The fourth-order valence-electron chi connectivity index (χ4n) is 0.867. The van der Waals surface area contributed by atoms with E-state index in [0.717, 1.165) is 0 Å². The van der Waals surface area contributed by atoms with Gasteiger partial charge in [-0.1, -0.05) is 0 Å². The molecule has 0 bridgehead atoms. The van der Waals surface area contributed by atoms with Crippen molar-refractivity contribution < 1.29 is 4.57 Å². The zero-order chi connectivity index (χ0) is 9.45. The van der Waals surface area contributed by atoms with E-state index in [2.05, 4.69) is 0 Å². The lowest BCUT2D eigenvalue weighted by Gasteiger charge is -2.17. The quantitative estimate of drug-likeness (QED) is 0.614. The van der Waals surface area contributed by atoms with Crippen LogP contribution in [0, 0.1) is 22.7 Å². The maximum absolute atomic E-state index is 10.7. The minimum Gasteiger partial charge on any atom is -0.274 e. The Labute approximate surface area is 74.2 Å². The summed E-state index contributed by atoms with van der Waals surface area (Å²) in [4.78, 5) is 0. The minimum atomic E-state index is -0.383. The predicted octanol–water partition coefficient (Wildman–Crippen LogP) is 2.64. The average molecular weight is 182 g/mol. The molecule has 0 atom stereocenters. The molecule has 0 amide bonds. The molecular formula is C8H11N2OP. The van der Waals surface area contributed by atoms with Crippen LogP contribution in [-0.2, 0) is 4.57 Å². The van der Waals surface area contributed by atoms with Crippen LogP contribution in [0.15, 0.2) is 0 Å². The molecule has 0 saturated heterocycles. The van der Waals surface area contributed by atoms with Crippen LogP contribution in [0.3, 0.4) is 0 Å². The van der Waals surface area contributed by atoms with Crippen LogP contribution in [0.2, 0.25) is 0 Å². The van der Waals surface area contributed by atoms with Crippen LogP contribution in [0.25, 0.3) is 0 Å². The Morgan fingerprint density at radius 2 is 1.67 bits per heavy atom. The Kier molecular flexibility index (Phi) is 5.26. The van der Waals surface area contributed by atoms with E-state index in [1.54, 1.807) is 0 Å². The summed E-state index contributed by atoms with van der Waals surface area (Å²) in [5.41, 5.74) is 0. The second-order valence-electron chi connectivity index (χ2n) is 2.90. The van der Waals surface area contributed by atoms with Crippen molar-refractivity contribution in [2.45, 2.75) is 37.8 Å². The Morgan fingerprint density at radius 3 is 1.92 bits per heavy atom. The first-order valence-corrected chi connectivity index (χ1v) is 4.58. The topological polar surface area (TPSA) is 64.7 Å². The molecular weight excluding hydrogens is 171 g/mol. The van der Waals surface area contributed by atoms with E-state index in [4.69, 9.17) is 10.5 Å². The SMILES string of the molecule is CC(CCC#N)(CCC#N)P=O. The first kappa shape index (κ1) is 11.1. The summed E-state index contributed by atoms with van der Waals surface area (Å²) in [7, 11) is 0.0346. The number of hydrogen-bond acceptors (Lipinski definition) is 3. The van der Waals surface area contributed by atoms with Crippen LogP contribution >= 0.6 is 8.46 Å². The van der Waals surface area contributed by atoms with Crippen molar-refractivity contribution in [1.29, 1.82) is 10.5 Å². The van der Waals surface area contributed by atoms with E-state index in [1.807, 2.05) is 19.1 Å². The Balaban J connectivity index is 3.99. The predicted molar refractivity (Wildman–Crippen MR) is 45.7 cm³/mol. The summed E-state index contributed by atoms with van der Waals surface area (Å²) in [5.74, 6) is 0. The molecule has 64 valence electrons. The van der Waals surface area contributed by atoms with E-state index < -0.39 is 0 Å². The molecule has 0 aromatic rings. The van der Waals surface area contributed by atoms with Crippen LogP contribution in [0.5, 0.6) is 0 Å². The third-order valence-corrected chi connectivity index (χ3v) is 2.66. The Morgan fingerprint density at radius 1 is 1.25 bits per heavy atom. The van der Waals surface area contributed by atoms with Crippen LogP contribution in [-0.4, -0.2) is 5.16 Å². The summed E-state index contributed by atoms with van der Waals surface area (Å²) in [5, 5.41) is 16.3. The molecule has 0 aliphatic rings. The Hall–Kier alpha value is -0.920. The van der Waals surface area contributed by atoms with E-state index in [9.17, 15) is 4.57 Å². The fourth-order valence-corrected chi connectivity index (χ4v) is 1.27. The second-order valence-corrected chi connectivity index (χ2v) is 4.17. The number of nitriles is 2. The molecule has 0 aromatic carbocycles. The van der Waals surface area contributed by atoms with E-state index in [0.29, 0.717) is 25.7 Å². The van der Waals surface area contributed by atoms with Crippen molar-refractivity contribution in [3.05, 3.63) is 0 Å². The minimum absolute atomic E-state index is 0.0346. The summed E-state index contributed by atoms with van der Waals surface area (Å²) >= 11 is 0. The van der Waals surface area contributed by atoms with Gasteiger partial charge in [0.15, 0.2) is 8.46 Å². The van der Waals surface area contributed by atoms with Gasteiger partial charge in [0, 0.05) is 12.8 Å². The Bertz CT molecular complexity index is 208. The van der Waals surface area contributed by atoms with Gasteiger partial charge < -0.3 is 0 Å². The molecule has 0 saturated carbocycles. The maximum Gasteiger partial charge on any atom is 0.161 e. The molecule has 0 aliphatic carbocycles. The van der Waals surface area contributed by atoms with Gasteiger partial charge >= 0.3 is 0 Å². The third kappa shape index (κ3) is 4.06. The molecule has 0 heterocycles. The number of hydrogen-bond donors (Lipinski definition) is 0.